The fourth-order valence-electron chi connectivity index (χ4n) is 4.00. The highest BCUT2D eigenvalue weighted by Crippen LogP contribution is 2.42. The first-order valence-electron chi connectivity index (χ1n) is 10.3. The van der Waals surface area contributed by atoms with Crippen LogP contribution < -0.4 is 5.32 Å². The molecule has 1 heterocycles. The van der Waals surface area contributed by atoms with Gasteiger partial charge in [0.25, 0.3) is 0 Å². The van der Waals surface area contributed by atoms with Gasteiger partial charge in [0, 0.05) is 13.1 Å². The van der Waals surface area contributed by atoms with E-state index in [2.05, 4.69) is 19.2 Å². The Bertz CT molecular complexity index is 723. The number of hydrogen-bond acceptors (Lipinski definition) is 3. The molecule has 0 aromatic heterocycles. The number of carbonyl (C=O) groups excluding carboxylic acids is 2. The van der Waals surface area contributed by atoms with Crippen LogP contribution in [0.2, 0.25) is 0 Å². The van der Waals surface area contributed by atoms with Crippen molar-refractivity contribution >= 4 is 12.0 Å². The van der Waals surface area contributed by atoms with Crippen molar-refractivity contribution in [1.29, 1.82) is 0 Å². The Kier molecular flexibility index (Phi) is 6.97. The van der Waals surface area contributed by atoms with E-state index in [0.29, 0.717) is 13.1 Å². The quantitative estimate of drug-likeness (QED) is 0.787. The number of carbonyl (C=O) groups is 2. The van der Waals surface area contributed by atoms with E-state index in [1.165, 1.54) is 12.1 Å². The number of rotatable bonds is 4. The zero-order chi connectivity index (χ0) is 22.0. The largest absolute Gasteiger partial charge is 0.444 e. The summed E-state index contributed by atoms with van der Waals surface area (Å²) in [5, 5.41) is 2.75. The maximum atomic E-state index is 13.3. The lowest BCUT2D eigenvalue weighted by atomic mass is 9.70. The summed E-state index contributed by atoms with van der Waals surface area (Å²) < 4.78 is 18.6. The first kappa shape index (κ1) is 23.2. The molecule has 0 unspecified atom stereocenters. The first-order valence-corrected chi connectivity index (χ1v) is 10.3. The maximum absolute atomic E-state index is 13.3. The average Bonchev–Trinajstić information content (AvgIpc) is 2.57. The predicted octanol–water partition coefficient (Wildman–Crippen LogP) is 4.72. The fourth-order valence-corrected chi connectivity index (χ4v) is 4.00. The molecular weight excluding hydrogens is 371 g/mol. The Hall–Kier alpha value is -2.11. The molecule has 1 saturated heterocycles. The molecule has 1 N–H and O–H groups in total. The summed E-state index contributed by atoms with van der Waals surface area (Å²) in [6, 6.07) is 6.01. The summed E-state index contributed by atoms with van der Waals surface area (Å²) in [6.07, 6.45) is 0.215. The maximum Gasteiger partial charge on any atom is 0.408 e. The number of amides is 2. The number of benzene rings is 1. The Morgan fingerprint density at radius 3 is 2.28 bits per heavy atom. The van der Waals surface area contributed by atoms with E-state index >= 15 is 0 Å². The van der Waals surface area contributed by atoms with Gasteiger partial charge >= 0.3 is 6.09 Å². The second-order valence-electron chi connectivity index (χ2n) is 10.0. The second-order valence-corrected chi connectivity index (χ2v) is 10.0. The molecule has 1 aliphatic rings. The molecule has 0 aliphatic carbocycles. The smallest absolute Gasteiger partial charge is 0.408 e. The van der Waals surface area contributed by atoms with Crippen LogP contribution in [0.4, 0.5) is 9.18 Å². The highest BCUT2D eigenvalue weighted by molar-refractivity contribution is 5.86. The molecule has 2 atom stereocenters. The molecule has 1 fully saturated rings. The fraction of sp³-hybridized carbons (Fsp3) is 0.652. The Labute approximate surface area is 174 Å². The SMILES string of the molecule is CC(C)[C@@H](NC(=O)OC(C)(C)C)C(=O)N1CC[C@H](c2ccc(F)cc2)C(C)(C)C1. The Balaban J connectivity index is 2.10. The van der Waals surface area contributed by atoms with Gasteiger partial charge in [-0.3, -0.25) is 4.79 Å². The van der Waals surface area contributed by atoms with Crippen LogP contribution in [-0.4, -0.2) is 41.6 Å². The number of ether oxygens (including phenoxy) is 1. The van der Waals surface area contributed by atoms with E-state index in [9.17, 15) is 14.0 Å². The number of halogens is 1. The van der Waals surface area contributed by atoms with E-state index in [-0.39, 0.29) is 29.0 Å². The number of piperidine rings is 1. The second kappa shape index (κ2) is 8.72. The highest BCUT2D eigenvalue weighted by Gasteiger charge is 2.40. The van der Waals surface area contributed by atoms with E-state index in [0.717, 1.165) is 12.0 Å². The standard InChI is InChI=1S/C23H35FN2O3/c1-15(2)19(25-21(28)29-22(3,4)5)20(27)26-13-12-18(23(6,7)14-26)16-8-10-17(24)11-9-16/h8-11,15,18-19H,12-14H2,1-7H3,(H,25,28)/t18-,19-/m1/s1. The van der Waals surface area contributed by atoms with Crippen molar-refractivity contribution in [2.45, 2.75) is 72.4 Å². The summed E-state index contributed by atoms with van der Waals surface area (Å²) >= 11 is 0. The Morgan fingerprint density at radius 2 is 1.79 bits per heavy atom. The van der Waals surface area contributed by atoms with Crippen LogP contribution in [-0.2, 0) is 9.53 Å². The third kappa shape index (κ3) is 6.18. The molecular formula is C23H35FN2O3. The molecule has 0 radical (unpaired) electrons. The molecule has 2 rings (SSSR count). The molecule has 29 heavy (non-hydrogen) atoms. The number of alkyl carbamates (subject to hydrolysis) is 1. The van der Waals surface area contributed by atoms with Gasteiger partial charge in [0.2, 0.25) is 5.91 Å². The summed E-state index contributed by atoms with van der Waals surface area (Å²) in [4.78, 5) is 27.3. The lowest BCUT2D eigenvalue weighted by Crippen LogP contribution is -2.56. The zero-order valence-electron chi connectivity index (χ0n) is 18.7. The minimum atomic E-state index is -0.636. The number of nitrogens with one attached hydrogen (secondary N) is 1. The van der Waals surface area contributed by atoms with Gasteiger partial charge in [0.05, 0.1) is 0 Å². The Morgan fingerprint density at radius 1 is 1.21 bits per heavy atom. The van der Waals surface area contributed by atoms with E-state index < -0.39 is 17.7 Å². The normalized spacial score (nSPS) is 20.3. The van der Waals surface area contributed by atoms with Gasteiger partial charge in [-0.15, -0.1) is 0 Å². The number of likely N-dealkylation sites (tertiary alicyclic amines) is 1. The molecule has 0 spiro atoms. The predicted molar refractivity (Wildman–Crippen MR) is 112 cm³/mol. The van der Waals surface area contributed by atoms with Crippen LogP contribution in [0.1, 0.15) is 66.4 Å². The molecule has 1 aromatic rings. The molecule has 2 amide bonds. The van der Waals surface area contributed by atoms with Crippen molar-refractivity contribution in [1.82, 2.24) is 10.2 Å². The van der Waals surface area contributed by atoms with Crippen LogP contribution in [0.25, 0.3) is 0 Å². The molecule has 6 heteroatoms. The minimum absolute atomic E-state index is 0.0621. The van der Waals surface area contributed by atoms with Crippen molar-refractivity contribution in [3.63, 3.8) is 0 Å². The monoisotopic (exact) mass is 406 g/mol. The summed E-state index contributed by atoms with van der Waals surface area (Å²) in [5.41, 5.74) is 0.305. The topological polar surface area (TPSA) is 58.6 Å². The van der Waals surface area contributed by atoms with Gasteiger partial charge < -0.3 is 15.0 Å². The van der Waals surface area contributed by atoms with Crippen molar-refractivity contribution in [3.05, 3.63) is 35.6 Å². The van der Waals surface area contributed by atoms with Crippen LogP contribution in [0.5, 0.6) is 0 Å². The van der Waals surface area contributed by atoms with Gasteiger partial charge in [0.15, 0.2) is 0 Å². The van der Waals surface area contributed by atoms with Crippen molar-refractivity contribution in [2.24, 2.45) is 11.3 Å². The molecule has 1 aromatic carbocycles. The molecule has 162 valence electrons. The lowest BCUT2D eigenvalue weighted by Gasteiger charge is -2.45. The van der Waals surface area contributed by atoms with Gasteiger partial charge in [-0.05, 0) is 62.1 Å². The van der Waals surface area contributed by atoms with Gasteiger partial charge in [-0.25, -0.2) is 9.18 Å². The van der Waals surface area contributed by atoms with Crippen LogP contribution in [0.15, 0.2) is 24.3 Å². The molecule has 1 aliphatic heterocycles. The summed E-state index contributed by atoms with van der Waals surface area (Å²) in [7, 11) is 0. The number of nitrogens with zero attached hydrogens (tertiary/aromatic N) is 1. The molecule has 0 bridgehead atoms. The van der Waals surface area contributed by atoms with Crippen LogP contribution in [0.3, 0.4) is 0 Å². The van der Waals surface area contributed by atoms with Gasteiger partial charge in [-0.2, -0.15) is 0 Å². The van der Waals surface area contributed by atoms with Crippen molar-refractivity contribution < 1.29 is 18.7 Å². The van der Waals surface area contributed by atoms with Crippen LogP contribution in [0, 0.1) is 17.2 Å². The third-order valence-corrected chi connectivity index (χ3v) is 5.42. The zero-order valence-corrected chi connectivity index (χ0v) is 18.7. The van der Waals surface area contributed by atoms with Crippen molar-refractivity contribution in [2.75, 3.05) is 13.1 Å². The van der Waals surface area contributed by atoms with E-state index in [1.807, 2.05) is 30.9 Å². The van der Waals surface area contributed by atoms with Crippen molar-refractivity contribution in [3.8, 4) is 0 Å². The van der Waals surface area contributed by atoms with E-state index in [4.69, 9.17) is 4.74 Å². The van der Waals surface area contributed by atoms with Gasteiger partial charge in [0.1, 0.15) is 17.5 Å². The lowest BCUT2D eigenvalue weighted by molar-refractivity contribution is -0.138. The third-order valence-electron chi connectivity index (χ3n) is 5.42. The van der Waals surface area contributed by atoms with Gasteiger partial charge in [-0.1, -0.05) is 39.8 Å². The summed E-state index contributed by atoms with van der Waals surface area (Å²) in [6.45, 7) is 14.6. The van der Waals surface area contributed by atoms with Crippen LogP contribution >= 0.6 is 0 Å². The average molecular weight is 407 g/mol. The number of hydrogen-bond donors (Lipinski definition) is 1. The minimum Gasteiger partial charge on any atom is -0.444 e. The first-order chi connectivity index (χ1) is 13.3. The molecule has 5 nitrogen and oxygen atoms in total. The molecule has 0 saturated carbocycles. The highest BCUT2D eigenvalue weighted by atomic mass is 19.1. The summed E-state index contributed by atoms with van der Waals surface area (Å²) in [5.74, 6) is -0.153. The van der Waals surface area contributed by atoms with E-state index in [1.54, 1.807) is 20.8 Å².